The number of likely N-dealkylation sites (tertiary alicyclic amines) is 1. The molecule has 6 nitrogen and oxygen atoms in total. The molecule has 1 aromatic heterocycles. The summed E-state index contributed by atoms with van der Waals surface area (Å²) in [6.45, 7) is 1.06. The topological polar surface area (TPSA) is 67.4 Å². The number of aromatic nitrogens is 2. The molecule has 2 aromatic carbocycles. The lowest BCUT2D eigenvalue weighted by atomic mass is 9.94. The van der Waals surface area contributed by atoms with E-state index in [4.69, 9.17) is 9.47 Å². The number of benzene rings is 2. The number of hydrogen-bond donors (Lipinski definition) is 1. The van der Waals surface area contributed by atoms with Crippen LogP contribution in [0, 0.1) is 0 Å². The Balaban J connectivity index is 1.41. The third-order valence-electron chi connectivity index (χ3n) is 4.75. The molecule has 1 saturated heterocycles. The van der Waals surface area contributed by atoms with E-state index in [1.165, 1.54) is 0 Å². The van der Waals surface area contributed by atoms with Crippen LogP contribution in [0.2, 0.25) is 0 Å². The van der Waals surface area contributed by atoms with Gasteiger partial charge in [-0.05, 0) is 42.3 Å². The molecule has 6 heteroatoms. The summed E-state index contributed by atoms with van der Waals surface area (Å²) in [5.74, 6) is 1.50. The number of para-hydroxylation sites is 1. The van der Waals surface area contributed by atoms with E-state index in [9.17, 15) is 4.79 Å². The number of nitrogens with zero attached hydrogens (tertiary/aromatic N) is 2. The molecule has 1 aliphatic rings. The number of rotatable bonds is 6. The first kappa shape index (κ1) is 17.1. The number of carbonyl (C=O) groups is 1. The fourth-order valence-electron chi connectivity index (χ4n) is 3.20. The molecule has 3 aromatic rings. The van der Waals surface area contributed by atoms with E-state index < -0.39 is 0 Å². The van der Waals surface area contributed by atoms with Crippen LogP contribution in [0.15, 0.2) is 60.7 Å². The molecule has 1 atom stereocenters. The van der Waals surface area contributed by atoms with Crippen LogP contribution in [0.1, 0.15) is 34.2 Å². The van der Waals surface area contributed by atoms with Crippen LogP contribution in [0.3, 0.4) is 0 Å². The normalized spacial score (nSPS) is 15.9. The van der Waals surface area contributed by atoms with Gasteiger partial charge in [0.15, 0.2) is 5.69 Å². The second-order valence-corrected chi connectivity index (χ2v) is 6.46. The maximum absolute atomic E-state index is 12.8. The van der Waals surface area contributed by atoms with Crippen molar-refractivity contribution in [2.75, 3.05) is 13.7 Å². The van der Waals surface area contributed by atoms with Crippen LogP contribution in [-0.2, 0) is 6.61 Å². The lowest BCUT2D eigenvalue weighted by Gasteiger charge is -2.41. The van der Waals surface area contributed by atoms with E-state index >= 15 is 0 Å². The Labute approximate surface area is 157 Å². The summed E-state index contributed by atoms with van der Waals surface area (Å²) in [5.41, 5.74) is 2.26. The smallest absolute Gasteiger partial charge is 0.274 e. The predicted octanol–water partition coefficient (Wildman–Crippen LogP) is 3.58. The summed E-state index contributed by atoms with van der Waals surface area (Å²) in [6.07, 6.45) is 0.938. The number of amides is 1. The van der Waals surface area contributed by atoms with Gasteiger partial charge in [0.2, 0.25) is 0 Å². The van der Waals surface area contributed by atoms with Gasteiger partial charge in [0.05, 0.1) is 18.8 Å². The van der Waals surface area contributed by atoms with Crippen molar-refractivity contribution < 1.29 is 14.3 Å². The van der Waals surface area contributed by atoms with Crippen molar-refractivity contribution in [2.45, 2.75) is 19.1 Å². The summed E-state index contributed by atoms with van der Waals surface area (Å²) >= 11 is 0. The van der Waals surface area contributed by atoms with Gasteiger partial charge >= 0.3 is 0 Å². The lowest BCUT2D eigenvalue weighted by Crippen LogP contribution is -2.45. The van der Waals surface area contributed by atoms with Crippen molar-refractivity contribution in [3.05, 3.63) is 77.6 Å². The quantitative estimate of drug-likeness (QED) is 0.727. The second-order valence-electron chi connectivity index (χ2n) is 6.46. The predicted molar refractivity (Wildman–Crippen MR) is 101 cm³/mol. The third kappa shape index (κ3) is 3.65. The Morgan fingerprint density at radius 1 is 1.15 bits per heavy atom. The van der Waals surface area contributed by atoms with Gasteiger partial charge in [-0.15, -0.1) is 0 Å². The summed E-state index contributed by atoms with van der Waals surface area (Å²) in [5, 5.41) is 7.06. The van der Waals surface area contributed by atoms with E-state index in [2.05, 4.69) is 10.2 Å². The zero-order valence-electron chi connectivity index (χ0n) is 15.1. The molecule has 0 spiro atoms. The van der Waals surface area contributed by atoms with Gasteiger partial charge in [0.25, 0.3) is 5.91 Å². The number of aromatic amines is 1. The van der Waals surface area contributed by atoms with Crippen molar-refractivity contribution in [3.8, 4) is 11.5 Å². The van der Waals surface area contributed by atoms with E-state index in [0.717, 1.165) is 35.7 Å². The highest BCUT2D eigenvalue weighted by atomic mass is 16.5. The molecule has 0 unspecified atom stereocenters. The SMILES string of the molecule is COc1cccc([C@H]2CCN2C(=O)c2cc(COc3ccccc3)[nH]n2)c1. The molecule has 1 N–H and O–H groups in total. The molecule has 2 heterocycles. The molecule has 1 amide bonds. The van der Waals surface area contributed by atoms with Gasteiger partial charge in [-0.1, -0.05) is 30.3 Å². The maximum atomic E-state index is 12.8. The molecule has 0 aliphatic carbocycles. The molecular weight excluding hydrogens is 342 g/mol. The molecule has 4 rings (SSSR count). The van der Waals surface area contributed by atoms with Gasteiger partial charge in [-0.25, -0.2) is 0 Å². The first-order chi connectivity index (χ1) is 13.2. The molecule has 1 fully saturated rings. The van der Waals surface area contributed by atoms with Crippen LogP contribution >= 0.6 is 0 Å². The molecule has 138 valence electrons. The van der Waals surface area contributed by atoms with Crippen LogP contribution < -0.4 is 9.47 Å². The van der Waals surface area contributed by atoms with Crippen molar-refractivity contribution in [3.63, 3.8) is 0 Å². The Morgan fingerprint density at radius 3 is 2.70 bits per heavy atom. The van der Waals surface area contributed by atoms with E-state index in [-0.39, 0.29) is 11.9 Å². The number of hydrogen-bond acceptors (Lipinski definition) is 4. The zero-order valence-corrected chi connectivity index (χ0v) is 15.1. The largest absolute Gasteiger partial charge is 0.497 e. The molecular formula is C21H21N3O3. The average Bonchev–Trinajstić information content (AvgIpc) is 3.16. The van der Waals surface area contributed by atoms with Gasteiger partial charge in [-0.3, -0.25) is 9.89 Å². The van der Waals surface area contributed by atoms with Crippen molar-refractivity contribution in [1.82, 2.24) is 15.1 Å². The fourth-order valence-corrected chi connectivity index (χ4v) is 3.20. The summed E-state index contributed by atoms with van der Waals surface area (Å²) in [4.78, 5) is 14.7. The van der Waals surface area contributed by atoms with Gasteiger partial charge in [0.1, 0.15) is 18.1 Å². The number of ether oxygens (including phenoxy) is 2. The Hall–Kier alpha value is -3.28. The minimum Gasteiger partial charge on any atom is -0.497 e. The van der Waals surface area contributed by atoms with Crippen LogP contribution in [-0.4, -0.2) is 34.7 Å². The minimum absolute atomic E-state index is 0.0633. The van der Waals surface area contributed by atoms with Crippen molar-refractivity contribution in [1.29, 1.82) is 0 Å². The standard InChI is InChI=1S/C21H21N3O3/c1-26-18-9-5-6-15(12-18)20-10-11-24(20)21(25)19-13-16(22-23-19)14-27-17-7-3-2-4-8-17/h2-9,12-13,20H,10-11,14H2,1H3,(H,22,23)/t20-/m1/s1. The first-order valence-electron chi connectivity index (χ1n) is 8.91. The van der Waals surface area contributed by atoms with Crippen molar-refractivity contribution in [2.24, 2.45) is 0 Å². The Morgan fingerprint density at radius 2 is 1.96 bits per heavy atom. The Bertz CT molecular complexity index is 923. The van der Waals surface area contributed by atoms with E-state index in [0.29, 0.717) is 12.3 Å². The number of methoxy groups -OCH3 is 1. The minimum atomic E-state index is -0.0729. The average molecular weight is 363 g/mol. The molecule has 0 saturated carbocycles. The second kappa shape index (κ2) is 7.53. The highest BCUT2D eigenvalue weighted by Crippen LogP contribution is 2.35. The fraction of sp³-hybridized carbons (Fsp3) is 0.238. The van der Waals surface area contributed by atoms with Gasteiger partial charge < -0.3 is 14.4 Å². The highest BCUT2D eigenvalue weighted by molar-refractivity contribution is 5.93. The van der Waals surface area contributed by atoms with Crippen LogP contribution in [0.5, 0.6) is 11.5 Å². The van der Waals surface area contributed by atoms with E-state index in [1.54, 1.807) is 13.2 Å². The third-order valence-corrected chi connectivity index (χ3v) is 4.75. The number of carbonyl (C=O) groups excluding carboxylic acids is 1. The first-order valence-corrected chi connectivity index (χ1v) is 8.91. The molecule has 0 bridgehead atoms. The maximum Gasteiger partial charge on any atom is 0.274 e. The van der Waals surface area contributed by atoms with E-state index in [1.807, 2.05) is 59.5 Å². The summed E-state index contributed by atoms with van der Waals surface area (Å²) < 4.78 is 11.0. The number of nitrogens with one attached hydrogen (secondary N) is 1. The zero-order chi connectivity index (χ0) is 18.6. The Kier molecular flexibility index (Phi) is 4.78. The molecule has 1 aliphatic heterocycles. The van der Waals surface area contributed by atoms with Crippen LogP contribution in [0.25, 0.3) is 0 Å². The van der Waals surface area contributed by atoms with Crippen LogP contribution in [0.4, 0.5) is 0 Å². The molecule has 0 radical (unpaired) electrons. The number of H-pyrrole nitrogens is 1. The molecule has 27 heavy (non-hydrogen) atoms. The van der Waals surface area contributed by atoms with Gasteiger partial charge in [0, 0.05) is 6.54 Å². The highest BCUT2D eigenvalue weighted by Gasteiger charge is 2.35. The lowest BCUT2D eigenvalue weighted by molar-refractivity contribution is 0.0453. The van der Waals surface area contributed by atoms with Crippen molar-refractivity contribution >= 4 is 5.91 Å². The van der Waals surface area contributed by atoms with Gasteiger partial charge in [-0.2, -0.15) is 5.10 Å². The monoisotopic (exact) mass is 363 g/mol. The summed E-state index contributed by atoms with van der Waals surface area (Å²) in [6, 6.07) is 19.2. The summed E-state index contributed by atoms with van der Waals surface area (Å²) in [7, 11) is 1.64.